The van der Waals surface area contributed by atoms with Crippen molar-refractivity contribution >= 4 is 11.5 Å². The summed E-state index contributed by atoms with van der Waals surface area (Å²) in [7, 11) is 0. The fraction of sp³-hybridized carbons (Fsp3) is 0.533. The highest BCUT2D eigenvalue weighted by atomic mass is 19.4. The number of para-hydroxylation sites is 1. The second kappa shape index (κ2) is 6.66. The van der Waals surface area contributed by atoms with Gasteiger partial charge in [-0.1, -0.05) is 18.2 Å². The number of benzene rings is 1. The van der Waals surface area contributed by atoms with E-state index in [0.29, 0.717) is 0 Å². The minimum Gasteiger partial charge on any atom is -0.339 e. The summed E-state index contributed by atoms with van der Waals surface area (Å²) in [5.74, 6) is -21.7. The number of hydrogen-bond acceptors (Lipinski definition) is 1. The van der Waals surface area contributed by atoms with Crippen LogP contribution in [0.3, 0.4) is 0 Å². The fourth-order valence-electron chi connectivity index (χ4n) is 1.69. The number of alkyl halides is 9. The van der Waals surface area contributed by atoms with Crippen LogP contribution in [0.2, 0.25) is 0 Å². The lowest BCUT2D eigenvalue weighted by atomic mass is 10.0. The van der Waals surface area contributed by atoms with Gasteiger partial charge in [-0.2, -0.15) is 39.5 Å². The maximum atomic E-state index is 14.2. The van der Waals surface area contributed by atoms with Crippen molar-refractivity contribution in [3.8, 4) is 0 Å². The average Bonchev–Trinajstić information content (AvgIpc) is 2.44. The Labute approximate surface area is 143 Å². The number of rotatable bonds is 4. The van der Waals surface area contributed by atoms with E-state index in [1.165, 1.54) is 39.0 Å². The van der Waals surface area contributed by atoms with Gasteiger partial charge in [-0.3, -0.25) is 4.99 Å². The summed E-state index contributed by atoms with van der Waals surface area (Å²) >= 11 is 0. The highest BCUT2D eigenvalue weighted by Crippen LogP contribution is 2.53. The quantitative estimate of drug-likeness (QED) is 0.392. The van der Waals surface area contributed by atoms with E-state index in [1.54, 1.807) is 5.32 Å². The van der Waals surface area contributed by atoms with Crippen molar-refractivity contribution in [1.29, 1.82) is 0 Å². The molecule has 0 saturated carbocycles. The molecule has 0 aromatic heterocycles. The molecule has 0 aliphatic heterocycles. The second-order valence-corrected chi connectivity index (χ2v) is 6.34. The van der Waals surface area contributed by atoms with Crippen molar-refractivity contribution in [3.05, 3.63) is 30.3 Å². The second-order valence-electron chi connectivity index (χ2n) is 6.34. The van der Waals surface area contributed by atoms with Gasteiger partial charge in [0.25, 0.3) is 0 Å². The molecule has 0 radical (unpaired) electrons. The predicted molar refractivity (Wildman–Crippen MR) is 78.1 cm³/mol. The first kappa shape index (κ1) is 22.1. The average molecular weight is 394 g/mol. The Balaban J connectivity index is 3.50. The first-order valence-electron chi connectivity index (χ1n) is 7.06. The van der Waals surface area contributed by atoms with Crippen molar-refractivity contribution in [2.45, 2.75) is 50.3 Å². The third-order valence-corrected chi connectivity index (χ3v) is 2.93. The SMILES string of the molecule is CC(C)(C)N=C(Nc1ccccc1)C(F)(F)C(F)(F)C(F)(F)C(F)(F)F. The van der Waals surface area contributed by atoms with E-state index in [-0.39, 0.29) is 5.69 Å². The number of nitrogens with zero attached hydrogens (tertiary/aromatic N) is 1. The highest BCUT2D eigenvalue weighted by molar-refractivity contribution is 6.01. The first-order chi connectivity index (χ1) is 11.4. The van der Waals surface area contributed by atoms with Gasteiger partial charge in [0.1, 0.15) is 0 Å². The van der Waals surface area contributed by atoms with Crippen LogP contribution in [0.5, 0.6) is 0 Å². The van der Waals surface area contributed by atoms with Gasteiger partial charge < -0.3 is 5.32 Å². The van der Waals surface area contributed by atoms with Crippen LogP contribution in [0.15, 0.2) is 35.3 Å². The number of anilines is 1. The van der Waals surface area contributed by atoms with Gasteiger partial charge in [0.15, 0.2) is 5.84 Å². The van der Waals surface area contributed by atoms with Crippen LogP contribution in [0.25, 0.3) is 0 Å². The maximum Gasteiger partial charge on any atom is 0.460 e. The molecule has 0 aliphatic carbocycles. The topological polar surface area (TPSA) is 24.4 Å². The fourth-order valence-corrected chi connectivity index (χ4v) is 1.69. The number of aliphatic imine (C=N–C) groups is 1. The molecule has 26 heavy (non-hydrogen) atoms. The normalized spacial score (nSPS) is 15.2. The van der Waals surface area contributed by atoms with E-state index in [0.717, 1.165) is 12.1 Å². The standard InChI is InChI=1S/C15H15F9N2/c1-11(2,3)26-10(25-9-7-5-4-6-8-9)12(16,17)13(18,19)14(20,21)15(22,23)24/h4-8H,1-3H3,(H,25,26). The molecule has 1 N–H and O–H groups in total. The Hall–Kier alpha value is -1.94. The summed E-state index contributed by atoms with van der Waals surface area (Å²) in [5, 5.41) is 1.72. The van der Waals surface area contributed by atoms with Gasteiger partial charge in [0.05, 0.1) is 5.54 Å². The molecule has 0 bridgehead atoms. The van der Waals surface area contributed by atoms with Crippen molar-refractivity contribution in [1.82, 2.24) is 0 Å². The molecule has 0 atom stereocenters. The molecule has 0 saturated heterocycles. The Morgan fingerprint density at radius 1 is 0.769 bits per heavy atom. The van der Waals surface area contributed by atoms with Crippen molar-refractivity contribution in [2.24, 2.45) is 4.99 Å². The summed E-state index contributed by atoms with van der Waals surface area (Å²) in [6.45, 7) is 3.53. The molecule has 0 spiro atoms. The van der Waals surface area contributed by atoms with E-state index >= 15 is 0 Å². The van der Waals surface area contributed by atoms with E-state index in [4.69, 9.17) is 0 Å². The summed E-state index contributed by atoms with van der Waals surface area (Å²) in [4.78, 5) is 3.21. The Morgan fingerprint density at radius 2 is 1.23 bits per heavy atom. The minimum absolute atomic E-state index is 0.249. The number of hydrogen-bond donors (Lipinski definition) is 1. The third kappa shape index (κ3) is 4.24. The molecule has 148 valence electrons. The number of nitrogens with one attached hydrogen (secondary N) is 1. The summed E-state index contributed by atoms with van der Waals surface area (Å²) in [6, 6.07) is 6.29. The maximum absolute atomic E-state index is 14.2. The molecule has 1 rings (SSSR count). The Bertz CT molecular complexity index is 643. The third-order valence-electron chi connectivity index (χ3n) is 2.93. The van der Waals surface area contributed by atoms with Gasteiger partial charge in [-0.15, -0.1) is 0 Å². The minimum atomic E-state index is -6.99. The van der Waals surface area contributed by atoms with E-state index in [2.05, 4.69) is 4.99 Å². The van der Waals surface area contributed by atoms with E-state index < -0.39 is 35.3 Å². The Morgan fingerprint density at radius 3 is 1.62 bits per heavy atom. The molecule has 1 aromatic rings. The largest absolute Gasteiger partial charge is 0.460 e. The van der Waals surface area contributed by atoms with E-state index in [9.17, 15) is 39.5 Å². The smallest absolute Gasteiger partial charge is 0.339 e. The lowest BCUT2D eigenvalue weighted by Gasteiger charge is -2.35. The zero-order chi connectivity index (χ0) is 20.6. The lowest BCUT2D eigenvalue weighted by Crippen LogP contribution is -2.64. The molecule has 0 heterocycles. The van der Waals surface area contributed by atoms with Gasteiger partial charge in [0.2, 0.25) is 0 Å². The summed E-state index contributed by atoms with van der Waals surface area (Å²) in [5.41, 5.74) is -1.73. The van der Waals surface area contributed by atoms with Gasteiger partial charge >= 0.3 is 23.9 Å². The first-order valence-corrected chi connectivity index (χ1v) is 7.06. The van der Waals surface area contributed by atoms with Gasteiger partial charge in [0, 0.05) is 5.69 Å². The van der Waals surface area contributed by atoms with Crippen LogP contribution in [0.1, 0.15) is 20.8 Å². The lowest BCUT2D eigenvalue weighted by molar-refractivity contribution is -0.384. The van der Waals surface area contributed by atoms with Gasteiger partial charge in [-0.05, 0) is 32.9 Å². The zero-order valence-corrected chi connectivity index (χ0v) is 13.7. The monoisotopic (exact) mass is 394 g/mol. The summed E-state index contributed by atoms with van der Waals surface area (Å²) in [6.07, 6.45) is -6.89. The molecule has 0 amide bonds. The summed E-state index contributed by atoms with van der Waals surface area (Å²) < 4.78 is 119. The molecule has 11 heteroatoms. The molecular formula is C15H15F9N2. The molecule has 2 nitrogen and oxygen atoms in total. The molecule has 0 unspecified atom stereocenters. The van der Waals surface area contributed by atoms with Crippen LogP contribution in [0, 0.1) is 0 Å². The Kier molecular flexibility index (Phi) is 5.66. The van der Waals surface area contributed by atoms with Crippen LogP contribution >= 0.6 is 0 Å². The van der Waals surface area contributed by atoms with Crippen LogP contribution in [-0.4, -0.2) is 35.3 Å². The van der Waals surface area contributed by atoms with Gasteiger partial charge in [-0.25, -0.2) is 0 Å². The number of amidine groups is 1. The highest BCUT2D eigenvalue weighted by Gasteiger charge is 2.83. The van der Waals surface area contributed by atoms with Crippen LogP contribution < -0.4 is 5.32 Å². The van der Waals surface area contributed by atoms with Crippen LogP contribution in [0.4, 0.5) is 45.2 Å². The van der Waals surface area contributed by atoms with Crippen molar-refractivity contribution < 1.29 is 39.5 Å². The van der Waals surface area contributed by atoms with Crippen molar-refractivity contribution in [3.63, 3.8) is 0 Å². The zero-order valence-electron chi connectivity index (χ0n) is 13.7. The molecule has 1 aromatic carbocycles. The number of halogens is 9. The molecule has 0 fully saturated rings. The van der Waals surface area contributed by atoms with E-state index in [1.807, 2.05) is 0 Å². The van der Waals surface area contributed by atoms with Crippen molar-refractivity contribution in [2.75, 3.05) is 5.32 Å². The molecule has 0 aliphatic rings. The predicted octanol–water partition coefficient (Wildman–Crippen LogP) is 5.76. The molecular weight excluding hydrogens is 379 g/mol. The van der Waals surface area contributed by atoms with Crippen LogP contribution in [-0.2, 0) is 0 Å².